The molecule has 0 amide bonds. The van der Waals surface area contributed by atoms with Crippen molar-refractivity contribution >= 4 is 29.2 Å². The molecule has 0 aromatic heterocycles. The molecule has 0 aromatic carbocycles. The minimum atomic E-state index is -1.41. The first-order valence-electron chi connectivity index (χ1n) is 2.75. The summed E-state index contributed by atoms with van der Waals surface area (Å²) in [5, 5.41) is 0. The third-order valence-electron chi connectivity index (χ3n) is 0.828. The second-order valence-corrected chi connectivity index (χ2v) is 3.03. The lowest BCUT2D eigenvalue weighted by molar-refractivity contribution is -0.141. The molecule has 0 aliphatic rings. The van der Waals surface area contributed by atoms with E-state index in [0.717, 1.165) is 6.08 Å². The maximum Gasteiger partial charge on any atom is 0.332 e. The molecular formula is C6H8Cl2O2. The summed E-state index contributed by atoms with van der Waals surface area (Å²) in [5.74, 6) is -0.619. The SMILES string of the molecule is C=CC(=O)OC(Cl)(Cl)CC. The first-order chi connectivity index (χ1) is 4.52. The smallest absolute Gasteiger partial charge is 0.332 e. The van der Waals surface area contributed by atoms with Crippen molar-refractivity contribution in [2.24, 2.45) is 0 Å². The fourth-order valence-electron chi connectivity index (χ4n) is 0.261. The van der Waals surface area contributed by atoms with E-state index in [-0.39, 0.29) is 0 Å². The van der Waals surface area contributed by atoms with Gasteiger partial charge in [-0.2, -0.15) is 0 Å². The molecule has 0 aromatic rings. The zero-order valence-corrected chi connectivity index (χ0v) is 7.08. The standard InChI is InChI=1S/C6H8Cl2O2/c1-3-5(9)10-6(7,8)4-2/h3H,1,4H2,2H3. The van der Waals surface area contributed by atoms with Gasteiger partial charge in [-0.3, -0.25) is 0 Å². The molecule has 0 heterocycles. The number of halogens is 2. The van der Waals surface area contributed by atoms with Gasteiger partial charge in [-0.15, -0.1) is 0 Å². The van der Waals surface area contributed by atoms with Crippen molar-refractivity contribution in [3.8, 4) is 0 Å². The van der Waals surface area contributed by atoms with Crippen molar-refractivity contribution in [2.75, 3.05) is 0 Å². The molecule has 0 unspecified atom stereocenters. The number of carbonyl (C=O) groups excluding carboxylic acids is 1. The molecule has 0 atom stereocenters. The number of alkyl halides is 2. The highest BCUT2D eigenvalue weighted by atomic mass is 35.5. The second-order valence-electron chi connectivity index (χ2n) is 1.62. The Labute approximate surface area is 69.8 Å². The quantitative estimate of drug-likeness (QED) is 0.381. The van der Waals surface area contributed by atoms with Crippen LogP contribution in [0.25, 0.3) is 0 Å². The maximum absolute atomic E-state index is 10.5. The Balaban J connectivity index is 3.87. The van der Waals surface area contributed by atoms with Crippen LogP contribution in [0, 0.1) is 0 Å². The Morgan fingerprint density at radius 1 is 1.80 bits per heavy atom. The molecule has 0 saturated heterocycles. The van der Waals surface area contributed by atoms with Crippen LogP contribution in [0.15, 0.2) is 12.7 Å². The molecule has 0 bridgehead atoms. The van der Waals surface area contributed by atoms with E-state index in [1.54, 1.807) is 6.92 Å². The molecule has 0 aliphatic carbocycles. The highest BCUT2D eigenvalue weighted by Crippen LogP contribution is 2.26. The molecule has 0 rings (SSSR count). The van der Waals surface area contributed by atoms with Crippen molar-refractivity contribution in [3.05, 3.63) is 12.7 Å². The van der Waals surface area contributed by atoms with Gasteiger partial charge in [0.1, 0.15) is 0 Å². The summed E-state index contributed by atoms with van der Waals surface area (Å²) in [6.07, 6.45) is 1.35. The molecule has 4 heteroatoms. The van der Waals surface area contributed by atoms with Gasteiger partial charge in [-0.25, -0.2) is 4.79 Å². The van der Waals surface area contributed by atoms with Crippen LogP contribution < -0.4 is 0 Å². The van der Waals surface area contributed by atoms with Crippen LogP contribution in [0.4, 0.5) is 0 Å². The van der Waals surface area contributed by atoms with Crippen molar-refractivity contribution in [1.82, 2.24) is 0 Å². The zero-order valence-electron chi connectivity index (χ0n) is 5.56. The molecule has 0 fully saturated rings. The Morgan fingerprint density at radius 2 is 2.30 bits per heavy atom. The zero-order chi connectivity index (χ0) is 8.20. The lowest BCUT2D eigenvalue weighted by atomic mass is 10.5. The lowest BCUT2D eigenvalue weighted by Crippen LogP contribution is -2.19. The van der Waals surface area contributed by atoms with Crippen LogP contribution in [0.5, 0.6) is 0 Å². The Hall–Kier alpha value is -0.210. The number of hydrogen-bond donors (Lipinski definition) is 0. The number of carbonyl (C=O) groups is 1. The summed E-state index contributed by atoms with van der Waals surface area (Å²) < 4.78 is 3.10. The summed E-state index contributed by atoms with van der Waals surface area (Å²) in [6.45, 7) is 4.89. The molecule has 58 valence electrons. The summed E-state index contributed by atoms with van der Waals surface area (Å²) in [5.41, 5.74) is 0. The minimum Gasteiger partial charge on any atom is -0.426 e. The van der Waals surface area contributed by atoms with Crippen molar-refractivity contribution < 1.29 is 9.53 Å². The van der Waals surface area contributed by atoms with Gasteiger partial charge >= 0.3 is 5.97 Å². The van der Waals surface area contributed by atoms with Crippen LogP contribution in [0.1, 0.15) is 13.3 Å². The van der Waals surface area contributed by atoms with Crippen molar-refractivity contribution in [1.29, 1.82) is 0 Å². The third kappa shape index (κ3) is 3.75. The van der Waals surface area contributed by atoms with E-state index in [0.29, 0.717) is 6.42 Å². The monoisotopic (exact) mass is 182 g/mol. The van der Waals surface area contributed by atoms with Crippen LogP contribution in [-0.2, 0) is 9.53 Å². The van der Waals surface area contributed by atoms with E-state index in [1.807, 2.05) is 0 Å². The fourth-order valence-corrected chi connectivity index (χ4v) is 0.413. The first-order valence-corrected chi connectivity index (χ1v) is 3.50. The molecule has 0 aliphatic heterocycles. The van der Waals surface area contributed by atoms with E-state index in [9.17, 15) is 4.79 Å². The molecular weight excluding hydrogens is 175 g/mol. The van der Waals surface area contributed by atoms with Gasteiger partial charge in [0, 0.05) is 12.5 Å². The highest BCUT2D eigenvalue weighted by molar-refractivity contribution is 6.47. The van der Waals surface area contributed by atoms with Gasteiger partial charge < -0.3 is 4.74 Å². The summed E-state index contributed by atoms with van der Waals surface area (Å²) in [6, 6.07) is 0. The summed E-state index contributed by atoms with van der Waals surface area (Å²) in [4.78, 5) is 10.5. The van der Waals surface area contributed by atoms with Crippen LogP contribution in [0.3, 0.4) is 0 Å². The molecule has 10 heavy (non-hydrogen) atoms. The predicted molar refractivity (Wildman–Crippen MR) is 41.0 cm³/mol. The maximum atomic E-state index is 10.5. The van der Waals surface area contributed by atoms with E-state index in [4.69, 9.17) is 23.2 Å². The number of hydrogen-bond acceptors (Lipinski definition) is 2. The Bertz CT molecular complexity index is 143. The van der Waals surface area contributed by atoms with Crippen LogP contribution in [-0.4, -0.2) is 10.5 Å². The second kappa shape index (κ2) is 3.84. The number of rotatable bonds is 3. The fraction of sp³-hybridized carbons (Fsp3) is 0.500. The van der Waals surface area contributed by atoms with Crippen LogP contribution >= 0.6 is 23.2 Å². The minimum absolute atomic E-state index is 0.343. The highest BCUT2D eigenvalue weighted by Gasteiger charge is 2.24. The van der Waals surface area contributed by atoms with Crippen LogP contribution in [0.2, 0.25) is 0 Å². The largest absolute Gasteiger partial charge is 0.426 e. The van der Waals surface area contributed by atoms with Gasteiger partial charge in [0.05, 0.1) is 0 Å². The van der Waals surface area contributed by atoms with Gasteiger partial charge in [-0.05, 0) is 0 Å². The number of esters is 1. The molecule has 2 nitrogen and oxygen atoms in total. The van der Waals surface area contributed by atoms with E-state index in [1.165, 1.54) is 0 Å². The van der Waals surface area contributed by atoms with Gasteiger partial charge in [0.25, 0.3) is 4.52 Å². The average Bonchev–Trinajstić information content (AvgIpc) is 1.87. The summed E-state index contributed by atoms with van der Waals surface area (Å²) >= 11 is 10.9. The van der Waals surface area contributed by atoms with E-state index in [2.05, 4.69) is 11.3 Å². The van der Waals surface area contributed by atoms with Gasteiger partial charge in [-0.1, -0.05) is 36.7 Å². The molecule has 0 N–H and O–H groups in total. The topological polar surface area (TPSA) is 26.3 Å². The van der Waals surface area contributed by atoms with Gasteiger partial charge in [0.2, 0.25) is 0 Å². The molecule has 0 spiro atoms. The normalized spacial score (nSPS) is 10.7. The predicted octanol–water partition coefficient (Wildman–Crippen LogP) is 2.26. The molecule has 0 saturated carbocycles. The van der Waals surface area contributed by atoms with E-state index < -0.39 is 10.5 Å². The third-order valence-corrected chi connectivity index (χ3v) is 1.52. The van der Waals surface area contributed by atoms with Gasteiger partial charge in [0.15, 0.2) is 0 Å². The number of ether oxygens (including phenoxy) is 1. The summed E-state index contributed by atoms with van der Waals surface area (Å²) in [7, 11) is 0. The lowest BCUT2D eigenvalue weighted by Gasteiger charge is -2.15. The Morgan fingerprint density at radius 3 is 2.60 bits per heavy atom. The van der Waals surface area contributed by atoms with Crippen molar-refractivity contribution in [3.63, 3.8) is 0 Å². The first kappa shape index (κ1) is 9.79. The van der Waals surface area contributed by atoms with E-state index >= 15 is 0 Å². The molecule has 0 radical (unpaired) electrons. The van der Waals surface area contributed by atoms with Crippen molar-refractivity contribution in [2.45, 2.75) is 17.9 Å². The average molecular weight is 183 g/mol. The Kier molecular flexibility index (Phi) is 3.76.